The molecule has 0 radical (unpaired) electrons. The van der Waals surface area contributed by atoms with Crippen LogP contribution in [0.2, 0.25) is 5.02 Å². The third kappa shape index (κ3) is 4.44. The summed E-state index contributed by atoms with van der Waals surface area (Å²) in [6, 6.07) is 11.9. The van der Waals surface area contributed by atoms with E-state index in [-0.39, 0.29) is 21.5 Å². The summed E-state index contributed by atoms with van der Waals surface area (Å²) >= 11 is 6.14. The molecule has 0 saturated carbocycles. The summed E-state index contributed by atoms with van der Waals surface area (Å²) in [5, 5.41) is 3.14. The van der Waals surface area contributed by atoms with E-state index < -0.39 is 15.9 Å². The Hall–Kier alpha value is -1.89. The maximum absolute atomic E-state index is 12.7. The van der Waals surface area contributed by atoms with Gasteiger partial charge in [0.1, 0.15) is 0 Å². The fraction of sp³-hybridized carbons (Fsp3) is 0.316. The summed E-state index contributed by atoms with van der Waals surface area (Å²) in [4.78, 5) is 12.7. The lowest BCUT2D eigenvalue weighted by Crippen LogP contribution is -2.29. The van der Waals surface area contributed by atoms with Crippen molar-refractivity contribution in [2.75, 3.05) is 14.1 Å². The van der Waals surface area contributed by atoms with Crippen LogP contribution in [0.4, 0.5) is 0 Å². The number of rotatable bonds is 6. The second kappa shape index (κ2) is 8.20. The average molecular weight is 395 g/mol. The van der Waals surface area contributed by atoms with E-state index in [0.717, 1.165) is 15.4 Å². The molecule has 0 unspecified atom stereocenters. The molecule has 2 aromatic carbocycles. The maximum atomic E-state index is 12.7. The lowest BCUT2D eigenvalue weighted by molar-refractivity contribution is 0.0935. The van der Waals surface area contributed by atoms with Crippen molar-refractivity contribution in [3.63, 3.8) is 0 Å². The number of benzene rings is 2. The van der Waals surface area contributed by atoms with Crippen LogP contribution in [0.5, 0.6) is 0 Å². The summed E-state index contributed by atoms with van der Waals surface area (Å²) in [6.45, 7) is 3.97. The van der Waals surface area contributed by atoms with Gasteiger partial charge in [-0.05, 0) is 37.1 Å². The number of nitrogens with zero attached hydrogens (tertiary/aromatic N) is 1. The Labute approximate surface area is 160 Å². The molecule has 1 atom stereocenters. The zero-order valence-electron chi connectivity index (χ0n) is 15.3. The van der Waals surface area contributed by atoms with Crippen molar-refractivity contribution in [1.82, 2.24) is 9.62 Å². The Morgan fingerprint density at radius 3 is 2.31 bits per heavy atom. The molecule has 0 aliphatic carbocycles. The number of hydrogen-bond donors (Lipinski definition) is 1. The van der Waals surface area contributed by atoms with E-state index in [1.54, 1.807) is 0 Å². The quantitative estimate of drug-likeness (QED) is 0.810. The maximum Gasteiger partial charge on any atom is 0.253 e. The van der Waals surface area contributed by atoms with Crippen LogP contribution in [0.15, 0.2) is 47.4 Å². The predicted molar refractivity (Wildman–Crippen MR) is 104 cm³/mol. The number of halogens is 1. The Morgan fingerprint density at radius 1 is 1.15 bits per heavy atom. The Bertz CT molecular complexity index is 894. The number of hydrogen-bond acceptors (Lipinski definition) is 3. The second-order valence-corrected chi connectivity index (χ2v) is 8.83. The third-order valence-corrected chi connectivity index (χ3v) is 6.29. The number of aryl methyl sites for hydroxylation is 1. The van der Waals surface area contributed by atoms with Crippen LogP contribution >= 0.6 is 11.6 Å². The molecule has 2 aromatic rings. The molecule has 26 heavy (non-hydrogen) atoms. The van der Waals surface area contributed by atoms with Crippen LogP contribution in [0.25, 0.3) is 0 Å². The number of carbonyl (C=O) groups is 1. The predicted octanol–water partition coefficient (Wildman–Crippen LogP) is 3.78. The number of carbonyl (C=O) groups excluding carboxylic acids is 1. The lowest BCUT2D eigenvalue weighted by Gasteiger charge is -2.19. The summed E-state index contributed by atoms with van der Waals surface area (Å²) in [6.07, 6.45) is 0.697. The van der Waals surface area contributed by atoms with Gasteiger partial charge in [-0.2, -0.15) is 0 Å². The highest BCUT2D eigenvalue weighted by atomic mass is 35.5. The van der Waals surface area contributed by atoms with Crippen molar-refractivity contribution in [1.29, 1.82) is 0 Å². The number of amides is 1. The molecule has 1 N–H and O–H groups in total. The molecule has 2 rings (SSSR count). The van der Waals surface area contributed by atoms with Gasteiger partial charge in [0.15, 0.2) is 0 Å². The second-order valence-electron chi connectivity index (χ2n) is 6.27. The van der Waals surface area contributed by atoms with Crippen molar-refractivity contribution < 1.29 is 13.2 Å². The molecule has 0 saturated heterocycles. The van der Waals surface area contributed by atoms with E-state index in [9.17, 15) is 13.2 Å². The van der Waals surface area contributed by atoms with Crippen LogP contribution in [0, 0.1) is 6.92 Å². The average Bonchev–Trinajstić information content (AvgIpc) is 2.60. The summed E-state index contributed by atoms with van der Waals surface area (Å²) in [7, 11) is -0.769. The first kappa shape index (κ1) is 20.4. The van der Waals surface area contributed by atoms with Gasteiger partial charge in [-0.25, -0.2) is 12.7 Å². The molecule has 0 heterocycles. The fourth-order valence-electron chi connectivity index (χ4n) is 2.51. The molecule has 1 amide bonds. The van der Waals surface area contributed by atoms with Crippen molar-refractivity contribution in [3.8, 4) is 0 Å². The van der Waals surface area contributed by atoms with Crippen LogP contribution in [0.3, 0.4) is 0 Å². The highest BCUT2D eigenvalue weighted by Crippen LogP contribution is 2.24. The lowest BCUT2D eigenvalue weighted by atomic mass is 10.0. The van der Waals surface area contributed by atoms with Gasteiger partial charge < -0.3 is 5.32 Å². The van der Waals surface area contributed by atoms with Crippen molar-refractivity contribution in [3.05, 3.63) is 64.2 Å². The molecule has 0 aliphatic rings. The zero-order valence-corrected chi connectivity index (χ0v) is 16.9. The van der Waals surface area contributed by atoms with Gasteiger partial charge in [-0.1, -0.05) is 48.4 Å². The largest absolute Gasteiger partial charge is 0.345 e. The standard InChI is InChI=1S/C19H23ClN2O3S/c1-5-18(14-8-6-13(2)7-9-14)21-19(23)16-12-15(10-11-17(16)20)26(24,25)22(3)4/h6-12,18H,5H2,1-4H3,(H,21,23)/t18-/m0/s1. The molecule has 0 bridgehead atoms. The molecule has 0 spiro atoms. The Balaban J connectivity index is 2.32. The minimum absolute atomic E-state index is 0.0282. The molecule has 0 fully saturated rings. The van der Waals surface area contributed by atoms with E-state index in [1.807, 2.05) is 38.1 Å². The Morgan fingerprint density at radius 2 is 1.77 bits per heavy atom. The van der Waals surface area contributed by atoms with Gasteiger partial charge in [-0.15, -0.1) is 0 Å². The molecule has 7 heteroatoms. The molecular weight excluding hydrogens is 372 g/mol. The first-order valence-corrected chi connectivity index (χ1v) is 10.1. The van der Waals surface area contributed by atoms with E-state index >= 15 is 0 Å². The minimum atomic E-state index is -3.65. The van der Waals surface area contributed by atoms with E-state index in [0.29, 0.717) is 6.42 Å². The topological polar surface area (TPSA) is 66.5 Å². The normalized spacial score (nSPS) is 12.8. The van der Waals surface area contributed by atoms with Crippen molar-refractivity contribution in [2.24, 2.45) is 0 Å². The highest BCUT2D eigenvalue weighted by Gasteiger charge is 2.22. The van der Waals surface area contributed by atoms with Gasteiger partial charge >= 0.3 is 0 Å². The third-order valence-electron chi connectivity index (χ3n) is 4.15. The van der Waals surface area contributed by atoms with Gasteiger partial charge in [0, 0.05) is 14.1 Å². The number of sulfonamides is 1. The molecule has 0 aliphatic heterocycles. The number of nitrogens with one attached hydrogen (secondary N) is 1. The monoisotopic (exact) mass is 394 g/mol. The summed E-state index contributed by atoms with van der Waals surface area (Å²) in [5.41, 5.74) is 2.26. The molecule has 5 nitrogen and oxygen atoms in total. The van der Waals surface area contributed by atoms with E-state index in [4.69, 9.17) is 11.6 Å². The van der Waals surface area contributed by atoms with Crippen LogP contribution in [-0.4, -0.2) is 32.7 Å². The summed E-state index contributed by atoms with van der Waals surface area (Å²) < 4.78 is 25.7. The zero-order chi connectivity index (χ0) is 19.5. The Kier molecular flexibility index (Phi) is 6.44. The smallest absolute Gasteiger partial charge is 0.253 e. The molecule has 140 valence electrons. The van der Waals surface area contributed by atoms with Crippen molar-refractivity contribution in [2.45, 2.75) is 31.2 Å². The molecule has 0 aromatic heterocycles. The fourth-order valence-corrected chi connectivity index (χ4v) is 3.64. The summed E-state index contributed by atoms with van der Waals surface area (Å²) in [5.74, 6) is -0.404. The SMILES string of the molecule is CC[C@H](NC(=O)c1cc(S(=O)(=O)N(C)C)ccc1Cl)c1ccc(C)cc1. The van der Waals surface area contributed by atoms with Gasteiger partial charge in [0.05, 0.1) is 21.5 Å². The first-order chi connectivity index (χ1) is 12.2. The van der Waals surface area contributed by atoms with Gasteiger partial charge in [0.2, 0.25) is 10.0 Å². The van der Waals surface area contributed by atoms with E-state index in [1.165, 1.54) is 32.3 Å². The first-order valence-electron chi connectivity index (χ1n) is 8.26. The van der Waals surface area contributed by atoms with E-state index in [2.05, 4.69) is 5.32 Å². The van der Waals surface area contributed by atoms with Crippen molar-refractivity contribution >= 4 is 27.5 Å². The molecular formula is C19H23ClN2O3S. The van der Waals surface area contributed by atoms with Crippen LogP contribution in [0.1, 0.15) is 40.9 Å². The highest BCUT2D eigenvalue weighted by molar-refractivity contribution is 7.89. The van der Waals surface area contributed by atoms with Gasteiger partial charge in [0.25, 0.3) is 5.91 Å². The van der Waals surface area contributed by atoms with Crippen LogP contribution in [-0.2, 0) is 10.0 Å². The van der Waals surface area contributed by atoms with Crippen LogP contribution < -0.4 is 5.32 Å². The van der Waals surface area contributed by atoms with Gasteiger partial charge in [-0.3, -0.25) is 4.79 Å². The minimum Gasteiger partial charge on any atom is -0.345 e.